The second kappa shape index (κ2) is 6.37. The van der Waals surface area contributed by atoms with Gasteiger partial charge in [0.2, 0.25) is 0 Å². The van der Waals surface area contributed by atoms with Crippen LogP contribution in [-0.4, -0.2) is 31.1 Å². The van der Waals surface area contributed by atoms with Crippen LogP contribution in [0.25, 0.3) is 11.1 Å². The van der Waals surface area contributed by atoms with E-state index < -0.39 is 9.84 Å². The standard InChI is InChI=1S/C16H19BrN2O3S/c1-11-9-12(6-7-14(11)23(2,20)21)13-10-19(18-16(13)17)15-5-3-4-8-22-15/h6-7,9-10,15H,3-5,8H2,1-2H3. The lowest BCUT2D eigenvalue weighted by molar-refractivity contribution is -0.0396. The first kappa shape index (κ1) is 16.7. The summed E-state index contributed by atoms with van der Waals surface area (Å²) in [7, 11) is -3.21. The molecular weight excluding hydrogens is 380 g/mol. The van der Waals surface area contributed by atoms with Gasteiger partial charge in [0.1, 0.15) is 10.8 Å². The first-order valence-corrected chi connectivity index (χ1v) is 10.2. The zero-order chi connectivity index (χ0) is 16.6. The Hall–Kier alpha value is -1.18. The molecule has 1 aliphatic heterocycles. The summed E-state index contributed by atoms with van der Waals surface area (Å²) in [5.74, 6) is 0. The number of aromatic nitrogens is 2. The molecule has 2 heterocycles. The summed E-state index contributed by atoms with van der Waals surface area (Å²) >= 11 is 3.50. The molecule has 124 valence electrons. The van der Waals surface area contributed by atoms with Gasteiger partial charge in [-0.3, -0.25) is 0 Å². The van der Waals surface area contributed by atoms with E-state index in [1.807, 2.05) is 29.9 Å². The predicted molar refractivity (Wildman–Crippen MR) is 92.0 cm³/mol. The molecule has 1 aliphatic rings. The fourth-order valence-electron chi connectivity index (χ4n) is 2.88. The number of hydrogen-bond acceptors (Lipinski definition) is 4. The van der Waals surface area contributed by atoms with Gasteiger partial charge in [-0.15, -0.1) is 0 Å². The van der Waals surface area contributed by atoms with Crippen LogP contribution in [0.4, 0.5) is 0 Å². The second-order valence-electron chi connectivity index (χ2n) is 5.89. The molecule has 7 heteroatoms. The number of hydrogen-bond donors (Lipinski definition) is 0. The topological polar surface area (TPSA) is 61.2 Å². The van der Waals surface area contributed by atoms with Crippen molar-refractivity contribution >= 4 is 25.8 Å². The summed E-state index contributed by atoms with van der Waals surface area (Å²) in [6.45, 7) is 2.57. The Labute approximate surface area is 144 Å². The van der Waals surface area contributed by atoms with E-state index in [2.05, 4.69) is 21.0 Å². The van der Waals surface area contributed by atoms with Crippen LogP contribution < -0.4 is 0 Å². The largest absolute Gasteiger partial charge is 0.357 e. The zero-order valence-electron chi connectivity index (χ0n) is 13.1. The van der Waals surface area contributed by atoms with E-state index in [-0.39, 0.29) is 6.23 Å². The van der Waals surface area contributed by atoms with Gasteiger partial charge in [-0.05, 0) is 65.4 Å². The third-order valence-electron chi connectivity index (χ3n) is 4.02. The number of nitrogens with zero attached hydrogens (tertiary/aromatic N) is 2. The molecular formula is C16H19BrN2O3S. The minimum Gasteiger partial charge on any atom is -0.357 e. The minimum atomic E-state index is -3.21. The van der Waals surface area contributed by atoms with Crippen molar-refractivity contribution in [2.45, 2.75) is 37.3 Å². The lowest BCUT2D eigenvalue weighted by Gasteiger charge is -2.22. The normalized spacial score (nSPS) is 19.0. The van der Waals surface area contributed by atoms with Crippen molar-refractivity contribution in [2.75, 3.05) is 12.9 Å². The van der Waals surface area contributed by atoms with Gasteiger partial charge >= 0.3 is 0 Å². The summed E-state index contributed by atoms with van der Waals surface area (Å²) in [4.78, 5) is 0.361. The summed E-state index contributed by atoms with van der Waals surface area (Å²) in [6.07, 6.45) is 6.35. The molecule has 1 aromatic carbocycles. The molecule has 2 aromatic rings. The molecule has 1 unspecified atom stereocenters. The van der Waals surface area contributed by atoms with Gasteiger partial charge in [-0.25, -0.2) is 13.1 Å². The second-order valence-corrected chi connectivity index (χ2v) is 8.62. The van der Waals surface area contributed by atoms with Crippen LogP contribution in [0.5, 0.6) is 0 Å². The number of halogens is 1. The lowest BCUT2D eigenvalue weighted by Crippen LogP contribution is -2.18. The van der Waals surface area contributed by atoms with Crippen molar-refractivity contribution in [3.05, 3.63) is 34.6 Å². The van der Waals surface area contributed by atoms with Crippen LogP contribution in [0.2, 0.25) is 0 Å². The van der Waals surface area contributed by atoms with Gasteiger partial charge in [0.05, 0.1) is 4.90 Å². The van der Waals surface area contributed by atoms with Crippen molar-refractivity contribution in [1.82, 2.24) is 9.78 Å². The molecule has 5 nitrogen and oxygen atoms in total. The Kier molecular flexibility index (Phi) is 4.62. The molecule has 0 N–H and O–H groups in total. The van der Waals surface area contributed by atoms with E-state index in [4.69, 9.17) is 4.74 Å². The highest BCUT2D eigenvalue weighted by Gasteiger charge is 2.20. The van der Waals surface area contributed by atoms with Crippen LogP contribution in [0.15, 0.2) is 33.9 Å². The Morgan fingerprint density at radius 3 is 2.74 bits per heavy atom. The Morgan fingerprint density at radius 2 is 2.13 bits per heavy atom. The Morgan fingerprint density at radius 1 is 1.35 bits per heavy atom. The lowest BCUT2D eigenvalue weighted by atomic mass is 10.1. The van der Waals surface area contributed by atoms with E-state index in [1.54, 1.807) is 6.07 Å². The molecule has 0 aliphatic carbocycles. The van der Waals surface area contributed by atoms with Gasteiger partial charge in [-0.2, -0.15) is 5.10 Å². The van der Waals surface area contributed by atoms with E-state index in [0.29, 0.717) is 4.90 Å². The highest BCUT2D eigenvalue weighted by Crippen LogP contribution is 2.32. The summed E-state index contributed by atoms with van der Waals surface area (Å²) < 4.78 is 31.8. The van der Waals surface area contributed by atoms with Gasteiger partial charge < -0.3 is 4.74 Å². The Balaban J connectivity index is 1.96. The van der Waals surface area contributed by atoms with E-state index >= 15 is 0 Å². The van der Waals surface area contributed by atoms with Crippen molar-refractivity contribution in [3.63, 3.8) is 0 Å². The van der Waals surface area contributed by atoms with E-state index in [0.717, 1.165) is 47.2 Å². The van der Waals surface area contributed by atoms with Crippen LogP contribution in [0.3, 0.4) is 0 Å². The van der Waals surface area contributed by atoms with Crippen molar-refractivity contribution < 1.29 is 13.2 Å². The molecule has 1 saturated heterocycles. The molecule has 3 rings (SSSR count). The number of rotatable bonds is 3. The quantitative estimate of drug-likeness (QED) is 0.789. The Bertz CT molecular complexity index is 824. The predicted octanol–water partition coefficient (Wildman–Crippen LogP) is 3.72. The molecule has 0 radical (unpaired) electrons. The fourth-order valence-corrected chi connectivity index (χ4v) is 4.35. The molecule has 0 amide bonds. The van der Waals surface area contributed by atoms with Crippen LogP contribution in [0, 0.1) is 6.92 Å². The monoisotopic (exact) mass is 398 g/mol. The molecule has 1 atom stereocenters. The highest BCUT2D eigenvalue weighted by molar-refractivity contribution is 9.10. The SMILES string of the molecule is Cc1cc(-c2cn(C3CCCCO3)nc2Br)ccc1S(C)(=O)=O. The average molecular weight is 399 g/mol. The summed E-state index contributed by atoms with van der Waals surface area (Å²) in [6, 6.07) is 5.35. The third kappa shape index (κ3) is 3.51. The maximum Gasteiger partial charge on any atom is 0.175 e. The molecule has 23 heavy (non-hydrogen) atoms. The molecule has 0 spiro atoms. The van der Waals surface area contributed by atoms with Crippen molar-refractivity contribution in [2.24, 2.45) is 0 Å². The number of aryl methyl sites for hydroxylation is 1. The first-order valence-electron chi connectivity index (χ1n) is 7.53. The molecule has 1 fully saturated rings. The van der Waals surface area contributed by atoms with Crippen LogP contribution in [-0.2, 0) is 14.6 Å². The number of benzene rings is 1. The molecule has 0 bridgehead atoms. The van der Waals surface area contributed by atoms with Crippen LogP contribution in [0.1, 0.15) is 31.1 Å². The fraction of sp³-hybridized carbons (Fsp3) is 0.438. The van der Waals surface area contributed by atoms with Crippen molar-refractivity contribution in [3.8, 4) is 11.1 Å². The zero-order valence-corrected chi connectivity index (χ0v) is 15.5. The summed E-state index contributed by atoms with van der Waals surface area (Å²) in [5, 5.41) is 4.50. The maximum absolute atomic E-state index is 11.7. The molecule has 0 saturated carbocycles. The van der Waals surface area contributed by atoms with Gasteiger partial charge in [-0.1, -0.05) is 6.07 Å². The smallest absolute Gasteiger partial charge is 0.175 e. The average Bonchev–Trinajstić information content (AvgIpc) is 2.89. The van der Waals surface area contributed by atoms with E-state index in [1.165, 1.54) is 6.26 Å². The maximum atomic E-state index is 11.7. The van der Waals surface area contributed by atoms with Crippen molar-refractivity contribution in [1.29, 1.82) is 0 Å². The third-order valence-corrected chi connectivity index (χ3v) is 5.87. The molecule has 1 aromatic heterocycles. The van der Waals surface area contributed by atoms with Crippen LogP contribution >= 0.6 is 15.9 Å². The highest BCUT2D eigenvalue weighted by atomic mass is 79.9. The summed E-state index contributed by atoms with van der Waals surface area (Å²) in [5.41, 5.74) is 2.60. The van der Waals surface area contributed by atoms with Gasteiger partial charge in [0.15, 0.2) is 9.84 Å². The first-order chi connectivity index (χ1) is 10.9. The minimum absolute atomic E-state index is 0.0230. The number of sulfone groups is 1. The van der Waals surface area contributed by atoms with E-state index in [9.17, 15) is 8.42 Å². The van der Waals surface area contributed by atoms with Gasteiger partial charge in [0.25, 0.3) is 0 Å². The number of ether oxygens (including phenoxy) is 1. The van der Waals surface area contributed by atoms with Gasteiger partial charge in [0, 0.05) is 24.6 Å².